The summed E-state index contributed by atoms with van der Waals surface area (Å²) in [5.41, 5.74) is -0.162. The molecule has 0 bridgehead atoms. The maximum Gasteiger partial charge on any atom is 0.0683 e. The first-order valence-corrected chi connectivity index (χ1v) is 6.12. The van der Waals surface area contributed by atoms with Gasteiger partial charge in [-0.2, -0.15) is 5.26 Å². The van der Waals surface area contributed by atoms with Crippen LogP contribution < -0.4 is 0 Å². The molecule has 0 spiro atoms. The van der Waals surface area contributed by atoms with Crippen molar-refractivity contribution in [3.8, 4) is 6.07 Å². The molecule has 0 atom stereocenters. The summed E-state index contributed by atoms with van der Waals surface area (Å²) in [5.74, 6) is 0. The second-order valence-corrected chi connectivity index (χ2v) is 5.56. The van der Waals surface area contributed by atoms with Crippen molar-refractivity contribution in [2.45, 2.75) is 33.1 Å². The average molecular weight is 225 g/mol. The highest BCUT2D eigenvalue weighted by Crippen LogP contribution is 2.20. The standard InChI is InChI=1S/C13H27N3/c1-13(2,12-14)8-6-10-16(5)11-7-9-15(3)4/h6-11H2,1-5H3. The molecule has 0 saturated heterocycles. The predicted molar refractivity (Wildman–Crippen MR) is 69.3 cm³/mol. The summed E-state index contributed by atoms with van der Waals surface area (Å²) < 4.78 is 0. The van der Waals surface area contributed by atoms with Gasteiger partial charge in [0.1, 0.15) is 0 Å². The van der Waals surface area contributed by atoms with Gasteiger partial charge in [-0.05, 0) is 73.9 Å². The van der Waals surface area contributed by atoms with Crippen LogP contribution in [0, 0.1) is 16.7 Å². The summed E-state index contributed by atoms with van der Waals surface area (Å²) >= 11 is 0. The van der Waals surface area contributed by atoms with E-state index >= 15 is 0 Å². The quantitative estimate of drug-likeness (QED) is 0.634. The van der Waals surface area contributed by atoms with Gasteiger partial charge in [0.05, 0.1) is 11.5 Å². The summed E-state index contributed by atoms with van der Waals surface area (Å²) in [7, 11) is 6.37. The minimum Gasteiger partial charge on any atom is -0.309 e. The third-order valence-electron chi connectivity index (χ3n) is 2.79. The fourth-order valence-electron chi connectivity index (χ4n) is 1.62. The van der Waals surface area contributed by atoms with Gasteiger partial charge in [-0.25, -0.2) is 0 Å². The molecule has 0 aromatic heterocycles. The first-order chi connectivity index (χ1) is 7.37. The van der Waals surface area contributed by atoms with Gasteiger partial charge in [0.15, 0.2) is 0 Å². The lowest BCUT2D eigenvalue weighted by molar-refractivity contribution is 0.282. The molecule has 3 nitrogen and oxygen atoms in total. The molecule has 0 amide bonds. The monoisotopic (exact) mass is 225 g/mol. The summed E-state index contributed by atoms with van der Waals surface area (Å²) in [6.07, 6.45) is 3.31. The molecule has 0 aliphatic heterocycles. The lowest BCUT2D eigenvalue weighted by Crippen LogP contribution is -2.25. The van der Waals surface area contributed by atoms with E-state index in [-0.39, 0.29) is 5.41 Å². The van der Waals surface area contributed by atoms with Crippen molar-refractivity contribution in [1.82, 2.24) is 9.80 Å². The molecule has 0 aliphatic carbocycles. The van der Waals surface area contributed by atoms with Gasteiger partial charge < -0.3 is 9.80 Å². The Morgan fingerprint density at radius 2 is 1.56 bits per heavy atom. The Hall–Kier alpha value is -0.590. The van der Waals surface area contributed by atoms with Crippen molar-refractivity contribution in [2.75, 3.05) is 40.8 Å². The van der Waals surface area contributed by atoms with Gasteiger partial charge >= 0.3 is 0 Å². The molecule has 0 aromatic rings. The molecule has 0 heterocycles. The fourth-order valence-corrected chi connectivity index (χ4v) is 1.62. The maximum absolute atomic E-state index is 8.89. The minimum atomic E-state index is -0.162. The Labute approximate surface area is 101 Å². The maximum atomic E-state index is 8.89. The number of hydrogen-bond donors (Lipinski definition) is 0. The van der Waals surface area contributed by atoms with Gasteiger partial charge in [0, 0.05) is 0 Å². The molecule has 94 valence electrons. The first kappa shape index (κ1) is 15.4. The smallest absolute Gasteiger partial charge is 0.0683 e. The summed E-state index contributed by atoms with van der Waals surface area (Å²) in [4.78, 5) is 4.57. The number of nitriles is 1. The summed E-state index contributed by atoms with van der Waals surface area (Å²) in [5, 5.41) is 8.89. The van der Waals surface area contributed by atoms with Crippen LogP contribution >= 0.6 is 0 Å². The summed E-state index contributed by atoms with van der Waals surface area (Å²) in [6.45, 7) is 7.41. The van der Waals surface area contributed by atoms with Crippen molar-refractivity contribution >= 4 is 0 Å². The lowest BCUT2D eigenvalue weighted by atomic mass is 9.90. The van der Waals surface area contributed by atoms with Gasteiger partial charge in [-0.1, -0.05) is 0 Å². The van der Waals surface area contributed by atoms with E-state index in [1.807, 2.05) is 13.8 Å². The Morgan fingerprint density at radius 3 is 2.06 bits per heavy atom. The van der Waals surface area contributed by atoms with Crippen LogP contribution in [0.1, 0.15) is 33.1 Å². The van der Waals surface area contributed by atoms with E-state index < -0.39 is 0 Å². The molecule has 0 radical (unpaired) electrons. The Kier molecular flexibility index (Phi) is 7.36. The molecule has 0 aromatic carbocycles. The topological polar surface area (TPSA) is 30.3 Å². The van der Waals surface area contributed by atoms with Crippen LogP contribution in [-0.4, -0.2) is 50.6 Å². The Morgan fingerprint density at radius 1 is 1.00 bits per heavy atom. The zero-order valence-electron chi connectivity index (χ0n) is 11.6. The van der Waals surface area contributed by atoms with E-state index in [0.29, 0.717) is 0 Å². The Balaban J connectivity index is 3.52. The highest BCUT2D eigenvalue weighted by atomic mass is 15.1. The zero-order chi connectivity index (χ0) is 12.6. The second-order valence-electron chi connectivity index (χ2n) is 5.56. The molecule has 0 aliphatic rings. The van der Waals surface area contributed by atoms with Gasteiger partial charge in [-0.15, -0.1) is 0 Å². The molecule has 16 heavy (non-hydrogen) atoms. The van der Waals surface area contributed by atoms with Crippen LogP contribution in [0.25, 0.3) is 0 Å². The van der Waals surface area contributed by atoms with E-state index in [1.54, 1.807) is 0 Å². The number of hydrogen-bond acceptors (Lipinski definition) is 3. The van der Waals surface area contributed by atoms with Crippen molar-refractivity contribution < 1.29 is 0 Å². The number of nitrogens with zero attached hydrogens (tertiary/aromatic N) is 3. The molecule has 0 unspecified atom stereocenters. The van der Waals surface area contributed by atoms with Crippen LogP contribution in [-0.2, 0) is 0 Å². The van der Waals surface area contributed by atoms with Crippen LogP contribution in [0.3, 0.4) is 0 Å². The van der Waals surface area contributed by atoms with Crippen LogP contribution in [0.5, 0.6) is 0 Å². The molecular weight excluding hydrogens is 198 g/mol. The summed E-state index contributed by atoms with van der Waals surface area (Å²) in [6, 6.07) is 2.35. The van der Waals surface area contributed by atoms with Crippen LogP contribution in [0.15, 0.2) is 0 Å². The van der Waals surface area contributed by atoms with E-state index in [0.717, 1.165) is 32.5 Å². The van der Waals surface area contributed by atoms with E-state index in [1.165, 1.54) is 6.42 Å². The molecule has 0 N–H and O–H groups in total. The molecule has 0 rings (SSSR count). The van der Waals surface area contributed by atoms with Gasteiger partial charge in [-0.3, -0.25) is 0 Å². The fraction of sp³-hybridized carbons (Fsp3) is 0.923. The third kappa shape index (κ3) is 8.70. The van der Waals surface area contributed by atoms with Gasteiger partial charge in [0.2, 0.25) is 0 Å². The minimum absolute atomic E-state index is 0.162. The van der Waals surface area contributed by atoms with E-state index in [2.05, 4.69) is 37.0 Å². The number of rotatable bonds is 8. The average Bonchev–Trinajstić information content (AvgIpc) is 2.17. The lowest BCUT2D eigenvalue weighted by Gasteiger charge is -2.20. The van der Waals surface area contributed by atoms with Crippen molar-refractivity contribution in [1.29, 1.82) is 5.26 Å². The van der Waals surface area contributed by atoms with Crippen molar-refractivity contribution in [2.24, 2.45) is 5.41 Å². The van der Waals surface area contributed by atoms with E-state index in [9.17, 15) is 0 Å². The van der Waals surface area contributed by atoms with Gasteiger partial charge in [0.25, 0.3) is 0 Å². The second kappa shape index (κ2) is 7.65. The Bertz CT molecular complexity index is 216. The largest absolute Gasteiger partial charge is 0.309 e. The highest BCUT2D eigenvalue weighted by molar-refractivity contribution is 4.91. The van der Waals surface area contributed by atoms with E-state index in [4.69, 9.17) is 5.26 Å². The third-order valence-corrected chi connectivity index (χ3v) is 2.79. The van der Waals surface area contributed by atoms with Crippen molar-refractivity contribution in [3.63, 3.8) is 0 Å². The molecule has 0 fully saturated rings. The predicted octanol–water partition coefficient (Wildman–Crippen LogP) is 2.20. The van der Waals surface area contributed by atoms with Crippen LogP contribution in [0.2, 0.25) is 0 Å². The SMILES string of the molecule is CN(C)CCCN(C)CCCC(C)(C)C#N. The van der Waals surface area contributed by atoms with Crippen LogP contribution in [0.4, 0.5) is 0 Å². The molecular formula is C13H27N3. The molecule has 3 heteroatoms. The van der Waals surface area contributed by atoms with Crippen molar-refractivity contribution in [3.05, 3.63) is 0 Å². The normalized spacial score (nSPS) is 12.1. The zero-order valence-corrected chi connectivity index (χ0v) is 11.6. The highest BCUT2D eigenvalue weighted by Gasteiger charge is 2.15. The molecule has 0 saturated carbocycles. The first-order valence-electron chi connectivity index (χ1n) is 6.12.